The maximum Gasteiger partial charge on any atom is 0.254 e. The minimum atomic E-state index is -0.687. The first-order valence-electron chi connectivity index (χ1n) is 8.17. The lowest BCUT2D eigenvalue weighted by atomic mass is 10.1. The third-order valence-corrected chi connectivity index (χ3v) is 4.89. The second kappa shape index (κ2) is 6.35. The van der Waals surface area contributed by atoms with Crippen molar-refractivity contribution in [1.29, 1.82) is 0 Å². The van der Waals surface area contributed by atoms with Crippen molar-refractivity contribution in [2.24, 2.45) is 5.41 Å². The lowest BCUT2D eigenvalue weighted by Gasteiger charge is -2.23. The predicted octanol–water partition coefficient (Wildman–Crippen LogP) is 2.02. The Morgan fingerprint density at radius 2 is 2.09 bits per heavy atom. The van der Waals surface area contributed by atoms with E-state index >= 15 is 0 Å². The van der Waals surface area contributed by atoms with E-state index in [4.69, 9.17) is 10.5 Å². The van der Waals surface area contributed by atoms with Crippen LogP contribution < -0.4 is 15.8 Å². The highest BCUT2D eigenvalue weighted by molar-refractivity contribution is 5.96. The van der Waals surface area contributed by atoms with Gasteiger partial charge in [0, 0.05) is 24.6 Å². The van der Waals surface area contributed by atoms with E-state index in [1.165, 1.54) is 32.1 Å². The van der Waals surface area contributed by atoms with Crippen LogP contribution in [0.2, 0.25) is 0 Å². The molecule has 0 atom stereocenters. The predicted molar refractivity (Wildman–Crippen MR) is 87.0 cm³/mol. The molecule has 2 fully saturated rings. The fourth-order valence-electron chi connectivity index (χ4n) is 3.25. The summed E-state index contributed by atoms with van der Waals surface area (Å²) >= 11 is 0. The molecule has 23 heavy (non-hydrogen) atoms. The third-order valence-electron chi connectivity index (χ3n) is 4.89. The van der Waals surface area contributed by atoms with Gasteiger partial charge in [-0.3, -0.25) is 4.79 Å². The number of hydrogen-bond acceptors (Lipinski definition) is 4. The largest absolute Gasteiger partial charge is 0.497 e. The topological polar surface area (TPSA) is 67.6 Å². The average molecular weight is 321 g/mol. The molecule has 6 heteroatoms. The Hall–Kier alpha value is -1.82. The van der Waals surface area contributed by atoms with Gasteiger partial charge in [0.25, 0.3) is 5.91 Å². The summed E-state index contributed by atoms with van der Waals surface area (Å²) in [6.45, 7) is 3.91. The van der Waals surface area contributed by atoms with E-state index in [0.29, 0.717) is 12.3 Å². The van der Waals surface area contributed by atoms with Crippen LogP contribution in [0.5, 0.6) is 5.75 Å². The maximum absolute atomic E-state index is 14.1. The lowest BCUT2D eigenvalue weighted by molar-refractivity contribution is 0.0936. The van der Waals surface area contributed by atoms with Gasteiger partial charge in [0.15, 0.2) is 5.82 Å². The molecule has 0 radical (unpaired) electrons. The molecule has 1 aliphatic carbocycles. The molecule has 1 heterocycles. The van der Waals surface area contributed by atoms with Crippen LogP contribution in [-0.2, 0) is 0 Å². The minimum absolute atomic E-state index is 0.0566. The fraction of sp³-hybridized carbons (Fsp3) is 0.588. The van der Waals surface area contributed by atoms with Crippen LogP contribution in [0.25, 0.3) is 0 Å². The number of carbonyl (C=O) groups excluding carboxylic acids is 1. The van der Waals surface area contributed by atoms with Gasteiger partial charge in [0.1, 0.15) is 5.75 Å². The van der Waals surface area contributed by atoms with Gasteiger partial charge in [-0.15, -0.1) is 0 Å². The van der Waals surface area contributed by atoms with Gasteiger partial charge >= 0.3 is 0 Å². The van der Waals surface area contributed by atoms with Gasteiger partial charge in [-0.25, -0.2) is 4.39 Å². The van der Waals surface area contributed by atoms with Crippen molar-refractivity contribution >= 4 is 11.6 Å². The summed E-state index contributed by atoms with van der Waals surface area (Å²) in [6, 6.07) is 2.77. The Kier molecular flexibility index (Phi) is 4.43. The number of carbonyl (C=O) groups is 1. The second-order valence-corrected chi connectivity index (χ2v) is 6.74. The quantitative estimate of drug-likeness (QED) is 0.787. The van der Waals surface area contributed by atoms with Gasteiger partial charge in [-0.2, -0.15) is 0 Å². The molecule has 3 N–H and O–H groups in total. The summed E-state index contributed by atoms with van der Waals surface area (Å²) in [4.78, 5) is 14.8. The van der Waals surface area contributed by atoms with Crippen molar-refractivity contribution in [2.75, 3.05) is 39.0 Å². The van der Waals surface area contributed by atoms with Crippen molar-refractivity contribution in [3.63, 3.8) is 0 Å². The average Bonchev–Trinajstić information content (AvgIpc) is 3.11. The van der Waals surface area contributed by atoms with Crippen molar-refractivity contribution in [2.45, 2.75) is 25.7 Å². The normalized spacial score (nSPS) is 19.6. The molecule has 1 saturated carbocycles. The number of rotatable bonds is 6. The van der Waals surface area contributed by atoms with Crippen LogP contribution in [0, 0.1) is 11.2 Å². The van der Waals surface area contributed by atoms with E-state index in [1.54, 1.807) is 0 Å². The van der Waals surface area contributed by atoms with Crippen molar-refractivity contribution in [3.05, 3.63) is 23.5 Å². The number of nitrogen functional groups attached to an aromatic ring is 1. The first-order valence-corrected chi connectivity index (χ1v) is 8.17. The summed E-state index contributed by atoms with van der Waals surface area (Å²) in [7, 11) is 1.46. The number of methoxy groups -OCH3 is 1. The molecule has 2 aliphatic rings. The lowest BCUT2D eigenvalue weighted by Crippen LogP contribution is -2.37. The van der Waals surface area contributed by atoms with E-state index in [2.05, 4.69) is 10.2 Å². The number of anilines is 1. The van der Waals surface area contributed by atoms with E-state index in [-0.39, 0.29) is 16.7 Å². The summed E-state index contributed by atoms with van der Waals surface area (Å²) in [5.74, 6) is -0.735. The van der Waals surface area contributed by atoms with Gasteiger partial charge in [-0.05, 0) is 44.8 Å². The smallest absolute Gasteiger partial charge is 0.254 e. The Bertz CT molecular complexity index is 596. The standard InChI is InChI=1S/C17H24FN3O2/c1-23-12-8-13(15(18)14(19)9-12)16(22)20-10-17(4-5-17)11-21-6-2-3-7-21/h8-9H,2-7,10-11,19H2,1H3,(H,20,22). The Morgan fingerprint density at radius 3 is 2.70 bits per heavy atom. The molecule has 3 rings (SSSR count). The number of halogens is 1. The van der Waals surface area contributed by atoms with E-state index in [9.17, 15) is 9.18 Å². The van der Waals surface area contributed by atoms with Crippen molar-refractivity contribution in [1.82, 2.24) is 10.2 Å². The number of nitrogens with two attached hydrogens (primary N) is 1. The summed E-state index contributed by atoms with van der Waals surface area (Å²) in [5.41, 5.74) is 5.63. The van der Waals surface area contributed by atoms with Crippen LogP contribution in [0.1, 0.15) is 36.0 Å². The molecule has 0 aromatic heterocycles. The molecule has 126 valence electrons. The van der Waals surface area contributed by atoms with Gasteiger partial charge in [0.05, 0.1) is 18.4 Å². The van der Waals surface area contributed by atoms with Gasteiger partial charge < -0.3 is 20.7 Å². The zero-order valence-corrected chi connectivity index (χ0v) is 13.5. The molecular formula is C17H24FN3O2. The minimum Gasteiger partial charge on any atom is -0.497 e. The summed E-state index contributed by atoms with van der Waals surface area (Å²) in [5, 5.41) is 2.88. The first-order chi connectivity index (χ1) is 11.0. The summed E-state index contributed by atoms with van der Waals surface area (Å²) < 4.78 is 19.1. The molecular weight excluding hydrogens is 297 g/mol. The van der Waals surface area contributed by atoms with Crippen LogP contribution in [0.4, 0.5) is 10.1 Å². The Morgan fingerprint density at radius 1 is 1.39 bits per heavy atom. The molecule has 1 aromatic rings. The monoisotopic (exact) mass is 321 g/mol. The van der Waals surface area contributed by atoms with Gasteiger partial charge in [0.2, 0.25) is 0 Å². The maximum atomic E-state index is 14.1. The molecule has 1 saturated heterocycles. The number of benzene rings is 1. The molecule has 1 amide bonds. The number of nitrogens with one attached hydrogen (secondary N) is 1. The molecule has 0 unspecified atom stereocenters. The van der Waals surface area contributed by atoms with Crippen LogP contribution in [0.3, 0.4) is 0 Å². The fourth-order valence-corrected chi connectivity index (χ4v) is 3.25. The van der Waals surface area contributed by atoms with Crippen molar-refractivity contribution < 1.29 is 13.9 Å². The SMILES string of the molecule is COc1cc(N)c(F)c(C(=O)NCC2(CN3CCCC3)CC2)c1. The zero-order chi connectivity index (χ0) is 16.4. The van der Waals surface area contributed by atoms with Crippen LogP contribution >= 0.6 is 0 Å². The molecule has 0 bridgehead atoms. The van der Waals surface area contributed by atoms with Crippen molar-refractivity contribution in [3.8, 4) is 5.75 Å². The highest BCUT2D eigenvalue weighted by Gasteiger charge is 2.44. The molecule has 1 aliphatic heterocycles. The Labute approximate surface area is 136 Å². The second-order valence-electron chi connectivity index (χ2n) is 6.74. The zero-order valence-electron chi connectivity index (χ0n) is 13.5. The number of ether oxygens (including phenoxy) is 1. The van der Waals surface area contributed by atoms with Crippen LogP contribution in [0.15, 0.2) is 12.1 Å². The first kappa shape index (κ1) is 16.1. The highest BCUT2D eigenvalue weighted by Crippen LogP contribution is 2.46. The summed E-state index contributed by atoms with van der Waals surface area (Å²) in [6.07, 6.45) is 4.76. The van der Waals surface area contributed by atoms with Gasteiger partial charge in [-0.1, -0.05) is 0 Å². The van der Waals surface area contributed by atoms with E-state index < -0.39 is 11.7 Å². The number of nitrogens with zero attached hydrogens (tertiary/aromatic N) is 1. The number of hydrogen-bond donors (Lipinski definition) is 2. The Balaban J connectivity index is 1.62. The highest BCUT2D eigenvalue weighted by atomic mass is 19.1. The van der Waals surface area contributed by atoms with Crippen LogP contribution in [-0.4, -0.2) is 44.1 Å². The molecule has 5 nitrogen and oxygen atoms in total. The van der Waals surface area contributed by atoms with E-state index in [0.717, 1.165) is 32.5 Å². The molecule has 1 aromatic carbocycles. The molecule has 0 spiro atoms. The number of likely N-dealkylation sites (tertiary alicyclic amines) is 1. The number of amides is 1. The third kappa shape index (κ3) is 3.58. The van der Waals surface area contributed by atoms with E-state index in [1.807, 2.05) is 0 Å².